The van der Waals surface area contributed by atoms with Crippen molar-refractivity contribution >= 4 is 10.0 Å². The number of aryl methyl sites for hydroxylation is 1. The highest BCUT2D eigenvalue weighted by atomic mass is 32.2. The maximum Gasteiger partial charge on any atom is 0.243 e. The Morgan fingerprint density at radius 2 is 1.71 bits per heavy atom. The van der Waals surface area contributed by atoms with Gasteiger partial charge in [0.2, 0.25) is 10.0 Å². The Morgan fingerprint density at radius 3 is 2.12 bits per heavy atom. The zero-order chi connectivity index (χ0) is 12.8. The van der Waals surface area contributed by atoms with E-state index in [1.807, 2.05) is 19.1 Å². The van der Waals surface area contributed by atoms with Gasteiger partial charge in [-0.2, -0.15) is 4.31 Å². The van der Waals surface area contributed by atoms with Crippen LogP contribution in [0.5, 0.6) is 0 Å². The average Bonchev–Trinajstić information content (AvgIpc) is 2.96. The van der Waals surface area contributed by atoms with Crippen molar-refractivity contribution in [3.63, 3.8) is 0 Å². The summed E-state index contributed by atoms with van der Waals surface area (Å²) in [6.45, 7) is 8.80. The minimum atomic E-state index is -3.28. The first-order valence-electron chi connectivity index (χ1n) is 5.81. The first kappa shape index (κ1) is 12.6. The molecule has 17 heavy (non-hydrogen) atoms. The van der Waals surface area contributed by atoms with Crippen LogP contribution in [0.1, 0.15) is 26.3 Å². The van der Waals surface area contributed by atoms with Crippen LogP contribution >= 0.6 is 0 Å². The minimum absolute atomic E-state index is 0.0117. The largest absolute Gasteiger partial charge is 0.243 e. The van der Waals surface area contributed by atoms with Crippen LogP contribution in [0, 0.1) is 12.3 Å². The molecule has 4 heteroatoms. The molecule has 0 aliphatic carbocycles. The van der Waals surface area contributed by atoms with Gasteiger partial charge in [0.05, 0.1) is 4.90 Å². The van der Waals surface area contributed by atoms with Gasteiger partial charge < -0.3 is 0 Å². The fourth-order valence-corrected chi connectivity index (χ4v) is 3.68. The van der Waals surface area contributed by atoms with E-state index in [1.54, 1.807) is 16.4 Å². The maximum absolute atomic E-state index is 12.3. The Morgan fingerprint density at radius 1 is 1.18 bits per heavy atom. The molecule has 2 rings (SSSR count). The van der Waals surface area contributed by atoms with E-state index in [-0.39, 0.29) is 11.5 Å². The second-order valence-electron chi connectivity index (χ2n) is 5.77. The monoisotopic (exact) mass is 253 g/mol. The van der Waals surface area contributed by atoms with Gasteiger partial charge in [-0.3, -0.25) is 0 Å². The van der Waals surface area contributed by atoms with E-state index < -0.39 is 10.0 Å². The van der Waals surface area contributed by atoms with E-state index in [0.29, 0.717) is 11.4 Å². The molecule has 2 atom stereocenters. The Balaban J connectivity index is 2.25. The first-order chi connectivity index (χ1) is 7.73. The summed E-state index contributed by atoms with van der Waals surface area (Å²) in [6, 6.07) is 7.17. The molecule has 1 aromatic rings. The Bertz CT molecular complexity index is 511. The molecule has 1 aromatic carbocycles. The summed E-state index contributed by atoms with van der Waals surface area (Å²) in [5.41, 5.74) is 1.08. The van der Waals surface area contributed by atoms with E-state index in [4.69, 9.17) is 0 Å². The molecule has 0 radical (unpaired) electrons. The van der Waals surface area contributed by atoms with Crippen molar-refractivity contribution in [2.45, 2.75) is 38.6 Å². The number of nitrogens with zero attached hydrogens (tertiary/aromatic N) is 1. The standard InChI is InChI=1S/C13H19NO2S/c1-10-5-7-11(8-6-10)17(15,16)14-9-12(14)13(2,3)4/h5-8,12H,9H2,1-4H3/t12-,14?/m0/s1. The van der Waals surface area contributed by atoms with Crippen molar-refractivity contribution in [1.29, 1.82) is 0 Å². The summed E-state index contributed by atoms with van der Waals surface area (Å²) in [5.74, 6) is 0. The predicted molar refractivity (Wildman–Crippen MR) is 68.3 cm³/mol. The number of sulfonamides is 1. The molecule has 0 amide bonds. The van der Waals surface area contributed by atoms with Gasteiger partial charge in [-0.25, -0.2) is 8.42 Å². The molecular weight excluding hydrogens is 234 g/mol. The smallest absolute Gasteiger partial charge is 0.207 e. The highest BCUT2D eigenvalue weighted by Gasteiger charge is 2.50. The van der Waals surface area contributed by atoms with Crippen molar-refractivity contribution in [2.24, 2.45) is 5.41 Å². The summed E-state index contributed by atoms with van der Waals surface area (Å²) in [6.07, 6.45) is 0. The predicted octanol–water partition coefficient (Wildman–Crippen LogP) is 2.41. The summed E-state index contributed by atoms with van der Waals surface area (Å²) < 4.78 is 26.2. The Hall–Kier alpha value is -0.870. The molecule has 0 aromatic heterocycles. The summed E-state index contributed by atoms with van der Waals surface area (Å²) in [5, 5.41) is 0. The summed E-state index contributed by atoms with van der Waals surface area (Å²) in [7, 11) is -3.28. The Labute approximate surface area is 104 Å². The van der Waals surface area contributed by atoms with Gasteiger partial charge >= 0.3 is 0 Å². The molecule has 3 nitrogen and oxygen atoms in total. The van der Waals surface area contributed by atoms with Crippen LogP contribution in [0.4, 0.5) is 0 Å². The number of benzene rings is 1. The van der Waals surface area contributed by atoms with Gasteiger partial charge in [-0.05, 0) is 24.5 Å². The lowest BCUT2D eigenvalue weighted by atomic mass is 9.92. The van der Waals surface area contributed by atoms with Crippen LogP contribution in [-0.2, 0) is 10.0 Å². The van der Waals surface area contributed by atoms with Crippen molar-refractivity contribution in [3.8, 4) is 0 Å². The quantitative estimate of drug-likeness (QED) is 0.759. The molecule has 0 bridgehead atoms. The van der Waals surface area contributed by atoms with Crippen LogP contribution in [0.15, 0.2) is 29.2 Å². The zero-order valence-electron chi connectivity index (χ0n) is 10.8. The molecule has 0 spiro atoms. The fraction of sp³-hybridized carbons (Fsp3) is 0.538. The SMILES string of the molecule is Cc1ccc(S(=O)(=O)N2C[C@H]2C(C)(C)C)cc1. The lowest BCUT2D eigenvalue weighted by Crippen LogP contribution is -2.23. The van der Waals surface area contributed by atoms with Crippen molar-refractivity contribution < 1.29 is 8.42 Å². The molecule has 1 fully saturated rings. The maximum atomic E-state index is 12.3. The molecule has 1 saturated heterocycles. The van der Waals surface area contributed by atoms with Gasteiger partial charge in [0, 0.05) is 12.6 Å². The van der Waals surface area contributed by atoms with Gasteiger partial charge in [0.15, 0.2) is 0 Å². The second kappa shape index (κ2) is 3.82. The number of hydrogen-bond acceptors (Lipinski definition) is 2. The number of hydrogen-bond donors (Lipinski definition) is 0. The van der Waals surface area contributed by atoms with E-state index in [2.05, 4.69) is 20.8 Å². The highest BCUT2D eigenvalue weighted by molar-refractivity contribution is 7.89. The first-order valence-corrected chi connectivity index (χ1v) is 7.25. The molecule has 94 valence electrons. The molecule has 1 aliphatic rings. The van der Waals surface area contributed by atoms with Crippen LogP contribution in [0.2, 0.25) is 0 Å². The van der Waals surface area contributed by atoms with Gasteiger partial charge in [0.1, 0.15) is 0 Å². The van der Waals surface area contributed by atoms with Crippen molar-refractivity contribution in [2.75, 3.05) is 6.54 Å². The zero-order valence-corrected chi connectivity index (χ0v) is 11.6. The second-order valence-corrected chi connectivity index (χ2v) is 7.66. The fourth-order valence-electron chi connectivity index (χ4n) is 1.94. The molecule has 1 aliphatic heterocycles. The van der Waals surface area contributed by atoms with Crippen molar-refractivity contribution in [1.82, 2.24) is 4.31 Å². The third kappa shape index (κ3) is 2.38. The van der Waals surface area contributed by atoms with Crippen LogP contribution in [0.25, 0.3) is 0 Å². The normalized spacial score (nSPS) is 24.7. The average molecular weight is 253 g/mol. The third-order valence-corrected chi connectivity index (χ3v) is 5.08. The summed E-state index contributed by atoms with van der Waals surface area (Å²) in [4.78, 5) is 0.398. The molecule has 1 unspecified atom stereocenters. The van der Waals surface area contributed by atoms with Gasteiger partial charge in [0.25, 0.3) is 0 Å². The lowest BCUT2D eigenvalue weighted by Gasteiger charge is -2.18. The van der Waals surface area contributed by atoms with Gasteiger partial charge in [-0.15, -0.1) is 0 Å². The summed E-state index contributed by atoms with van der Waals surface area (Å²) >= 11 is 0. The highest BCUT2D eigenvalue weighted by Crippen LogP contribution is 2.39. The van der Waals surface area contributed by atoms with E-state index in [1.165, 1.54) is 0 Å². The minimum Gasteiger partial charge on any atom is -0.207 e. The molecular formula is C13H19NO2S. The topological polar surface area (TPSA) is 37.1 Å². The van der Waals surface area contributed by atoms with E-state index >= 15 is 0 Å². The van der Waals surface area contributed by atoms with Crippen molar-refractivity contribution in [3.05, 3.63) is 29.8 Å². The van der Waals surface area contributed by atoms with E-state index in [0.717, 1.165) is 5.56 Å². The third-order valence-electron chi connectivity index (χ3n) is 3.19. The van der Waals surface area contributed by atoms with Crippen LogP contribution in [-0.4, -0.2) is 25.3 Å². The molecule has 0 N–H and O–H groups in total. The van der Waals surface area contributed by atoms with Gasteiger partial charge in [-0.1, -0.05) is 38.5 Å². The molecule has 0 saturated carbocycles. The molecule has 1 heterocycles. The lowest BCUT2D eigenvalue weighted by molar-refractivity contribution is 0.370. The van der Waals surface area contributed by atoms with Crippen LogP contribution < -0.4 is 0 Å². The van der Waals surface area contributed by atoms with Crippen LogP contribution in [0.3, 0.4) is 0 Å². The number of rotatable bonds is 2. The Kier molecular flexibility index (Phi) is 2.83. The van der Waals surface area contributed by atoms with E-state index in [9.17, 15) is 8.42 Å².